The van der Waals surface area contributed by atoms with Crippen molar-refractivity contribution in [1.82, 2.24) is 0 Å². The Kier molecular flexibility index (Phi) is 3.53. The molecule has 0 saturated carbocycles. The van der Waals surface area contributed by atoms with Gasteiger partial charge in [-0.05, 0) is 24.1 Å². The number of benzene rings is 1. The largest absolute Gasteiger partial charge is 0.496 e. The third-order valence-corrected chi connectivity index (χ3v) is 1.85. The number of ether oxygens (including phenoxy) is 1. The van der Waals surface area contributed by atoms with Crippen LogP contribution in [-0.2, 0) is 0 Å². The molecule has 0 unspecified atom stereocenters. The van der Waals surface area contributed by atoms with Crippen LogP contribution in [0.4, 0.5) is 0 Å². The van der Waals surface area contributed by atoms with Gasteiger partial charge in [0, 0.05) is 0 Å². The van der Waals surface area contributed by atoms with Crippen LogP contribution < -0.4 is 4.74 Å². The van der Waals surface area contributed by atoms with E-state index in [4.69, 9.17) is 9.84 Å². The maximum Gasteiger partial charge on any atom is 0.122 e. The van der Waals surface area contributed by atoms with Gasteiger partial charge in [0.05, 0.1) is 13.7 Å². The fourth-order valence-corrected chi connectivity index (χ4v) is 1.13. The molecule has 0 aliphatic heterocycles. The van der Waals surface area contributed by atoms with Crippen LogP contribution in [0.1, 0.15) is 11.1 Å². The molecular weight excluding hydrogens is 164 g/mol. The molecule has 2 heteroatoms. The van der Waals surface area contributed by atoms with Gasteiger partial charge in [0.25, 0.3) is 0 Å². The molecule has 0 fully saturated rings. The molecule has 0 bridgehead atoms. The summed E-state index contributed by atoms with van der Waals surface area (Å²) in [5, 5.41) is 8.59. The van der Waals surface area contributed by atoms with Crippen molar-refractivity contribution in [2.45, 2.75) is 6.92 Å². The summed E-state index contributed by atoms with van der Waals surface area (Å²) < 4.78 is 5.17. The Hall–Kier alpha value is -1.28. The van der Waals surface area contributed by atoms with Crippen molar-refractivity contribution in [3.05, 3.63) is 35.4 Å². The summed E-state index contributed by atoms with van der Waals surface area (Å²) in [5.74, 6) is 0.875. The molecule has 70 valence electrons. The molecule has 0 amide bonds. The van der Waals surface area contributed by atoms with Gasteiger partial charge in [0.1, 0.15) is 5.75 Å². The summed E-state index contributed by atoms with van der Waals surface area (Å²) in [6.45, 7) is 2.06. The molecule has 1 aromatic carbocycles. The summed E-state index contributed by atoms with van der Waals surface area (Å²) in [4.78, 5) is 0. The van der Waals surface area contributed by atoms with Crippen molar-refractivity contribution in [2.75, 3.05) is 13.7 Å². The monoisotopic (exact) mass is 178 g/mol. The number of rotatable bonds is 3. The zero-order chi connectivity index (χ0) is 9.68. The molecule has 0 aromatic heterocycles. The van der Waals surface area contributed by atoms with Crippen LogP contribution in [-0.4, -0.2) is 18.8 Å². The average molecular weight is 178 g/mol. The molecule has 2 nitrogen and oxygen atoms in total. The summed E-state index contributed by atoms with van der Waals surface area (Å²) in [6.07, 6.45) is 3.56. The van der Waals surface area contributed by atoms with Crippen molar-refractivity contribution in [1.29, 1.82) is 0 Å². The second-order valence-electron chi connectivity index (χ2n) is 2.81. The van der Waals surface area contributed by atoms with Crippen LogP contribution in [0.5, 0.6) is 5.75 Å². The first-order valence-electron chi connectivity index (χ1n) is 4.20. The van der Waals surface area contributed by atoms with E-state index in [1.807, 2.05) is 31.2 Å². The highest BCUT2D eigenvalue weighted by atomic mass is 16.5. The lowest BCUT2D eigenvalue weighted by molar-refractivity contribution is 0.343. The van der Waals surface area contributed by atoms with E-state index in [0.717, 1.165) is 16.9 Å². The molecule has 1 aromatic rings. The SMILES string of the molecule is COc1cc(C=CCO)ccc1C. The van der Waals surface area contributed by atoms with Crippen LogP contribution in [0.25, 0.3) is 6.08 Å². The zero-order valence-corrected chi connectivity index (χ0v) is 7.95. The van der Waals surface area contributed by atoms with Gasteiger partial charge < -0.3 is 9.84 Å². The third-order valence-electron chi connectivity index (χ3n) is 1.85. The fourth-order valence-electron chi connectivity index (χ4n) is 1.13. The van der Waals surface area contributed by atoms with Crippen molar-refractivity contribution in [3.63, 3.8) is 0 Å². The van der Waals surface area contributed by atoms with Gasteiger partial charge in [-0.3, -0.25) is 0 Å². The van der Waals surface area contributed by atoms with Crippen LogP contribution in [0, 0.1) is 6.92 Å². The first-order chi connectivity index (χ1) is 6.27. The molecular formula is C11H14O2. The fraction of sp³-hybridized carbons (Fsp3) is 0.273. The summed E-state index contributed by atoms with van der Waals surface area (Å²) in [5.41, 5.74) is 2.15. The number of hydrogen-bond donors (Lipinski definition) is 1. The minimum Gasteiger partial charge on any atom is -0.496 e. The summed E-state index contributed by atoms with van der Waals surface area (Å²) in [7, 11) is 1.65. The average Bonchev–Trinajstić information content (AvgIpc) is 2.16. The van der Waals surface area contributed by atoms with E-state index in [1.54, 1.807) is 13.2 Å². The molecule has 13 heavy (non-hydrogen) atoms. The van der Waals surface area contributed by atoms with Crippen LogP contribution >= 0.6 is 0 Å². The summed E-state index contributed by atoms with van der Waals surface area (Å²) in [6, 6.07) is 5.93. The van der Waals surface area contributed by atoms with E-state index in [2.05, 4.69) is 0 Å². The quantitative estimate of drug-likeness (QED) is 0.767. The van der Waals surface area contributed by atoms with Gasteiger partial charge in [0.15, 0.2) is 0 Å². The van der Waals surface area contributed by atoms with Gasteiger partial charge in [-0.25, -0.2) is 0 Å². The number of hydrogen-bond acceptors (Lipinski definition) is 2. The highest BCUT2D eigenvalue weighted by Gasteiger charge is 1.96. The van der Waals surface area contributed by atoms with E-state index >= 15 is 0 Å². The maximum absolute atomic E-state index is 8.59. The molecule has 0 heterocycles. The molecule has 0 saturated heterocycles. The van der Waals surface area contributed by atoms with Crippen molar-refractivity contribution in [3.8, 4) is 5.75 Å². The van der Waals surface area contributed by atoms with Gasteiger partial charge in [-0.15, -0.1) is 0 Å². The third kappa shape index (κ3) is 2.60. The van der Waals surface area contributed by atoms with E-state index in [9.17, 15) is 0 Å². The number of methoxy groups -OCH3 is 1. The second kappa shape index (κ2) is 4.67. The van der Waals surface area contributed by atoms with E-state index in [1.165, 1.54) is 0 Å². The van der Waals surface area contributed by atoms with Gasteiger partial charge in [-0.1, -0.05) is 24.3 Å². The zero-order valence-electron chi connectivity index (χ0n) is 7.95. The smallest absolute Gasteiger partial charge is 0.122 e. The first-order valence-corrected chi connectivity index (χ1v) is 4.20. The lowest BCUT2D eigenvalue weighted by Crippen LogP contribution is -1.87. The minimum absolute atomic E-state index is 0.0657. The minimum atomic E-state index is 0.0657. The highest BCUT2D eigenvalue weighted by Crippen LogP contribution is 2.19. The molecule has 1 N–H and O–H groups in total. The Balaban J connectivity index is 2.92. The molecule has 0 atom stereocenters. The lowest BCUT2D eigenvalue weighted by atomic mass is 10.1. The normalized spacial score (nSPS) is 10.7. The van der Waals surface area contributed by atoms with Gasteiger partial charge in [0.2, 0.25) is 0 Å². The second-order valence-corrected chi connectivity index (χ2v) is 2.81. The van der Waals surface area contributed by atoms with E-state index in [-0.39, 0.29) is 6.61 Å². The first kappa shape index (κ1) is 9.81. The molecule has 0 aliphatic rings. The molecule has 1 rings (SSSR count). The highest BCUT2D eigenvalue weighted by molar-refractivity contribution is 5.53. The van der Waals surface area contributed by atoms with Crippen molar-refractivity contribution < 1.29 is 9.84 Å². The van der Waals surface area contributed by atoms with Gasteiger partial charge >= 0.3 is 0 Å². The van der Waals surface area contributed by atoms with Crippen LogP contribution in [0.3, 0.4) is 0 Å². The molecule has 0 aliphatic carbocycles. The maximum atomic E-state index is 8.59. The Labute approximate surface area is 78.5 Å². The van der Waals surface area contributed by atoms with Crippen LogP contribution in [0.15, 0.2) is 24.3 Å². The predicted octanol–water partition coefficient (Wildman–Crippen LogP) is 2.01. The lowest BCUT2D eigenvalue weighted by Gasteiger charge is -2.04. The van der Waals surface area contributed by atoms with Crippen molar-refractivity contribution >= 4 is 6.08 Å². The number of aryl methyl sites for hydroxylation is 1. The van der Waals surface area contributed by atoms with E-state index < -0.39 is 0 Å². The molecule has 0 spiro atoms. The Morgan fingerprint density at radius 2 is 2.23 bits per heavy atom. The van der Waals surface area contributed by atoms with Gasteiger partial charge in [-0.2, -0.15) is 0 Å². The number of aliphatic hydroxyl groups is 1. The molecule has 0 radical (unpaired) electrons. The standard InChI is InChI=1S/C11H14O2/c1-9-5-6-10(4-3-7-12)8-11(9)13-2/h3-6,8,12H,7H2,1-2H3. The Morgan fingerprint density at radius 1 is 1.46 bits per heavy atom. The number of aliphatic hydroxyl groups excluding tert-OH is 1. The predicted molar refractivity (Wildman–Crippen MR) is 53.9 cm³/mol. The summed E-state index contributed by atoms with van der Waals surface area (Å²) >= 11 is 0. The van der Waals surface area contributed by atoms with Crippen LogP contribution in [0.2, 0.25) is 0 Å². The Bertz CT molecular complexity index is 303. The topological polar surface area (TPSA) is 29.5 Å². The van der Waals surface area contributed by atoms with E-state index in [0.29, 0.717) is 0 Å². The Morgan fingerprint density at radius 3 is 2.85 bits per heavy atom. The van der Waals surface area contributed by atoms with Crippen molar-refractivity contribution in [2.24, 2.45) is 0 Å².